The summed E-state index contributed by atoms with van der Waals surface area (Å²) in [5.74, 6) is 1.65. The predicted molar refractivity (Wildman–Crippen MR) is 126 cm³/mol. The lowest BCUT2D eigenvalue weighted by atomic mass is 10.1. The number of rotatable bonds is 7. The van der Waals surface area contributed by atoms with Gasteiger partial charge in [-0.1, -0.05) is 18.2 Å². The fourth-order valence-corrected chi connectivity index (χ4v) is 3.80. The largest absolute Gasteiger partial charge is 0.372 e. The van der Waals surface area contributed by atoms with Gasteiger partial charge in [0.2, 0.25) is 0 Å². The molecule has 31 heavy (non-hydrogen) atoms. The van der Waals surface area contributed by atoms with Gasteiger partial charge in [-0.3, -0.25) is 4.57 Å². The Hall–Kier alpha value is -3.35. The molecule has 0 radical (unpaired) electrons. The van der Waals surface area contributed by atoms with Crippen molar-refractivity contribution in [2.45, 2.75) is 39.3 Å². The van der Waals surface area contributed by atoms with Crippen molar-refractivity contribution in [3.05, 3.63) is 72.4 Å². The van der Waals surface area contributed by atoms with Crippen LogP contribution in [0.15, 0.2) is 66.3 Å². The van der Waals surface area contributed by atoms with E-state index in [1.165, 1.54) is 24.1 Å². The lowest BCUT2D eigenvalue weighted by Crippen LogP contribution is -2.38. The first-order valence-corrected chi connectivity index (χ1v) is 11.1. The number of nitrogens with zero attached hydrogens (tertiary/aromatic N) is 5. The normalized spacial score (nSPS) is 15.2. The van der Waals surface area contributed by atoms with Crippen LogP contribution in [0.25, 0.3) is 5.82 Å². The predicted octanol–water partition coefficient (Wildman–Crippen LogP) is 3.68. The van der Waals surface area contributed by atoms with Crippen molar-refractivity contribution in [1.82, 2.24) is 25.2 Å². The van der Waals surface area contributed by atoms with E-state index in [1.54, 1.807) is 12.5 Å². The molecular formula is C24H31N7. The molecule has 2 aromatic heterocycles. The summed E-state index contributed by atoms with van der Waals surface area (Å²) in [5.41, 5.74) is 3.64. The molecular weight excluding hydrogens is 386 g/mol. The topological polar surface area (TPSA) is 70.4 Å². The van der Waals surface area contributed by atoms with Crippen molar-refractivity contribution in [2.75, 3.05) is 24.5 Å². The van der Waals surface area contributed by atoms with Gasteiger partial charge in [0.25, 0.3) is 0 Å². The molecule has 1 atom stereocenters. The van der Waals surface area contributed by atoms with Crippen LogP contribution in [0.1, 0.15) is 43.9 Å². The Morgan fingerprint density at radius 2 is 2.06 bits per heavy atom. The van der Waals surface area contributed by atoms with E-state index < -0.39 is 0 Å². The minimum absolute atomic E-state index is 0.155. The number of nitrogens with one attached hydrogen (secondary N) is 2. The standard InChI is InChI=1S/C24H31N7/c1-3-26-24(28-17-20-9-10-23(27-16-20)31-14-11-25-18-31)29-19(2)21-7-6-8-22(15-21)30-12-4-5-13-30/h6-11,14-16,18-19H,3-5,12-13,17H2,1-2H3,(H2,26,28,29). The summed E-state index contributed by atoms with van der Waals surface area (Å²) in [6.45, 7) is 7.94. The monoisotopic (exact) mass is 417 g/mol. The molecule has 1 aromatic carbocycles. The minimum Gasteiger partial charge on any atom is -0.372 e. The summed E-state index contributed by atoms with van der Waals surface area (Å²) in [6, 6.07) is 13.0. The van der Waals surface area contributed by atoms with E-state index in [0.29, 0.717) is 6.54 Å². The van der Waals surface area contributed by atoms with E-state index >= 15 is 0 Å². The maximum absolute atomic E-state index is 4.77. The van der Waals surface area contributed by atoms with Crippen molar-refractivity contribution in [3.63, 3.8) is 0 Å². The number of benzene rings is 1. The summed E-state index contributed by atoms with van der Waals surface area (Å²) in [7, 11) is 0. The molecule has 1 aliphatic heterocycles. The molecule has 1 fully saturated rings. The zero-order chi connectivity index (χ0) is 21.5. The second kappa shape index (κ2) is 10.1. The van der Waals surface area contributed by atoms with Gasteiger partial charge in [0.1, 0.15) is 12.1 Å². The van der Waals surface area contributed by atoms with Crippen LogP contribution in [0.2, 0.25) is 0 Å². The van der Waals surface area contributed by atoms with Crippen molar-refractivity contribution in [1.29, 1.82) is 0 Å². The molecule has 2 N–H and O–H groups in total. The van der Waals surface area contributed by atoms with Crippen LogP contribution in [-0.4, -0.2) is 40.1 Å². The molecule has 3 heterocycles. The van der Waals surface area contributed by atoms with Gasteiger partial charge in [0.05, 0.1) is 12.6 Å². The molecule has 1 saturated heterocycles. The Bertz CT molecular complexity index is 973. The number of hydrogen-bond donors (Lipinski definition) is 2. The summed E-state index contributed by atoms with van der Waals surface area (Å²) < 4.78 is 1.89. The van der Waals surface area contributed by atoms with Crippen molar-refractivity contribution in [2.24, 2.45) is 4.99 Å². The van der Waals surface area contributed by atoms with E-state index in [9.17, 15) is 0 Å². The number of pyridine rings is 1. The first-order chi connectivity index (χ1) is 15.2. The Balaban J connectivity index is 1.41. The van der Waals surface area contributed by atoms with E-state index in [4.69, 9.17) is 4.99 Å². The smallest absolute Gasteiger partial charge is 0.192 e. The fraction of sp³-hybridized carbons (Fsp3) is 0.375. The summed E-state index contributed by atoms with van der Waals surface area (Å²) in [6.07, 6.45) is 9.81. The zero-order valence-corrected chi connectivity index (χ0v) is 18.3. The quantitative estimate of drug-likeness (QED) is 0.453. The van der Waals surface area contributed by atoms with Crippen LogP contribution in [0.5, 0.6) is 0 Å². The molecule has 7 nitrogen and oxygen atoms in total. The first kappa shape index (κ1) is 20.9. The molecule has 0 saturated carbocycles. The highest BCUT2D eigenvalue weighted by Gasteiger charge is 2.14. The third-order valence-electron chi connectivity index (χ3n) is 5.54. The molecule has 0 spiro atoms. The Kier molecular flexibility index (Phi) is 6.82. The highest BCUT2D eigenvalue weighted by atomic mass is 15.2. The summed E-state index contributed by atoms with van der Waals surface area (Å²) in [5, 5.41) is 6.90. The molecule has 0 aliphatic carbocycles. The maximum Gasteiger partial charge on any atom is 0.192 e. The van der Waals surface area contributed by atoms with Gasteiger partial charge in [-0.05, 0) is 56.0 Å². The van der Waals surface area contributed by atoms with E-state index in [-0.39, 0.29) is 6.04 Å². The highest BCUT2D eigenvalue weighted by molar-refractivity contribution is 5.80. The summed E-state index contributed by atoms with van der Waals surface area (Å²) >= 11 is 0. The van der Waals surface area contributed by atoms with Gasteiger partial charge < -0.3 is 15.5 Å². The third kappa shape index (κ3) is 5.42. The third-order valence-corrected chi connectivity index (χ3v) is 5.54. The molecule has 7 heteroatoms. The lowest BCUT2D eigenvalue weighted by molar-refractivity contribution is 0.686. The first-order valence-electron chi connectivity index (χ1n) is 11.1. The van der Waals surface area contributed by atoms with Gasteiger partial charge in [-0.2, -0.15) is 0 Å². The maximum atomic E-state index is 4.77. The Morgan fingerprint density at radius 3 is 2.77 bits per heavy atom. The van der Waals surface area contributed by atoms with Gasteiger partial charge >= 0.3 is 0 Å². The van der Waals surface area contributed by atoms with Crippen LogP contribution in [-0.2, 0) is 6.54 Å². The number of aliphatic imine (C=N–C) groups is 1. The molecule has 4 rings (SSSR count). The summed E-state index contributed by atoms with van der Waals surface area (Å²) in [4.78, 5) is 15.8. The van der Waals surface area contributed by atoms with Gasteiger partial charge in [-0.15, -0.1) is 0 Å². The van der Waals surface area contributed by atoms with Crippen molar-refractivity contribution in [3.8, 4) is 5.82 Å². The van der Waals surface area contributed by atoms with Gasteiger partial charge in [0.15, 0.2) is 5.96 Å². The molecule has 1 aliphatic rings. The number of anilines is 1. The number of aromatic nitrogens is 3. The average molecular weight is 418 g/mol. The molecule has 0 amide bonds. The average Bonchev–Trinajstić information content (AvgIpc) is 3.53. The number of guanidine groups is 1. The Labute approximate surface area is 184 Å². The second-order valence-electron chi connectivity index (χ2n) is 7.84. The fourth-order valence-electron chi connectivity index (χ4n) is 3.80. The molecule has 1 unspecified atom stereocenters. The minimum atomic E-state index is 0.155. The lowest BCUT2D eigenvalue weighted by Gasteiger charge is -2.22. The van der Waals surface area contributed by atoms with Gasteiger partial charge in [0, 0.05) is 43.9 Å². The van der Waals surface area contributed by atoms with Crippen LogP contribution >= 0.6 is 0 Å². The van der Waals surface area contributed by atoms with Crippen LogP contribution < -0.4 is 15.5 Å². The van der Waals surface area contributed by atoms with E-state index in [2.05, 4.69) is 69.7 Å². The number of imidazole rings is 1. The van der Waals surface area contributed by atoms with Crippen LogP contribution in [0.4, 0.5) is 5.69 Å². The van der Waals surface area contributed by atoms with Crippen molar-refractivity contribution < 1.29 is 0 Å². The Morgan fingerprint density at radius 1 is 1.19 bits per heavy atom. The van der Waals surface area contributed by atoms with E-state index in [0.717, 1.165) is 37.0 Å². The van der Waals surface area contributed by atoms with Crippen molar-refractivity contribution >= 4 is 11.6 Å². The highest BCUT2D eigenvalue weighted by Crippen LogP contribution is 2.24. The molecule has 3 aromatic rings. The van der Waals surface area contributed by atoms with Gasteiger partial charge in [-0.25, -0.2) is 15.0 Å². The zero-order valence-electron chi connectivity index (χ0n) is 18.3. The number of hydrogen-bond acceptors (Lipinski definition) is 4. The second-order valence-corrected chi connectivity index (χ2v) is 7.84. The van der Waals surface area contributed by atoms with E-state index in [1.807, 2.05) is 23.0 Å². The van der Waals surface area contributed by atoms with Crippen LogP contribution in [0.3, 0.4) is 0 Å². The molecule has 162 valence electrons. The van der Waals surface area contributed by atoms with Crippen LogP contribution in [0, 0.1) is 0 Å². The SMILES string of the molecule is CCNC(=NCc1ccc(-n2ccnc2)nc1)NC(C)c1cccc(N2CCCC2)c1. The molecule has 0 bridgehead atoms.